The molecular formula is C13H18ClN. The van der Waals surface area contributed by atoms with Gasteiger partial charge in [0, 0.05) is 6.04 Å². The van der Waals surface area contributed by atoms with E-state index < -0.39 is 0 Å². The SMILES string of the molecule is Cl.NC1CC2(CCCC2)c2ccccc21. The summed E-state index contributed by atoms with van der Waals surface area (Å²) in [6.07, 6.45) is 6.68. The molecule has 0 heterocycles. The number of hydrogen-bond donors (Lipinski definition) is 1. The summed E-state index contributed by atoms with van der Waals surface area (Å²) in [6, 6.07) is 9.09. The van der Waals surface area contributed by atoms with Crippen LogP contribution in [0.2, 0.25) is 0 Å². The molecule has 3 rings (SSSR count). The van der Waals surface area contributed by atoms with Crippen molar-refractivity contribution in [2.24, 2.45) is 5.73 Å². The highest BCUT2D eigenvalue weighted by Crippen LogP contribution is 2.52. The summed E-state index contributed by atoms with van der Waals surface area (Å²) >= 11 is 0. The Kier molecular flexibility index (Phi) is 2.78. The molecule has 0 aliphatic heterocycles. The minimum Gasteiger partial charge on any atom is -0.324 e. The zero-order chi connectivity index (χ0) is 9.60. The normalized spacial score (nSPS) is 26.3. The zero-order valence-corrected chi connectivity index (χ0v) is 9.72. The van der Waals surface area contributed by atoms with Crippen LogP contribution in [0.15, 0.2) is 24.3 Å². The number of halogens is 1. The number of rotatable bonds is 0. The second-order valence-corrected chi connectivity index (χ2v) is 4.89. The van der Waals surface area contributed by atoms with Crippen molar-refractivity contribution >= 4 is 12.4 Å². The molecule has 1 atom stereocenters. The van der Waals surface area contributed by atoms with Crippen LogP contribution in [0.5, 0.6) is 0 Å². The summed E-state index contributed by atoms with van der Waals surface area (Å²) < 4.78 is 0. The fraction of sp³-hybridized carbons (Fsp3) is 0.538. The van der Waals surface area contributed by atoms with Gasteiger partial charge >= 0.3 is 0 Å². The Morgan fingerprint density at radius 2 is 1.80 bits per heavy atom. The fourth-order valence-corrected chi connectivity index (χ4v) is 3.47. The minimum absolute atomic E-state index is 0. The standard InChI is InChI=1S/C13H17N.ClH/c14-12-9-13(7-3-4-8-13)11-6-2-1-5-10(11)12;/h1-2,5-6,12H,3-4,7-9,14H2;1H. The monoisotopic (exact) mass is 223 g/mol. The van der Waals surface area contributed by atoms with E-state index in [1.165, 1.54) is 37.7 Å². The predicted octanol–water partition coefficient (Wildman–Crippen LogP) is 3.32. The molecule has 0 saturated heterocycles. The Hall–Kier alpha value is -0.530. The lowest BCUT2D eigenvalue weighted by Gasteiger charge is -2.24. The summed E-state index contributed by atoms with van der Waals surface area (Å²) in [5, 5.41) is 0. The average molecular weight is 224 g/mol. The Morgan fingerprint density at radius 3 is 2.53 bits per heavy atom. The molecule has 1 saturated carbocycles. The predicted molar refractivity (Wildman–Crippen MR) is 65.4 cm³/mol. The molecule has 1 aromatic carbocycles. The van der Waals surface area contributed by atoms with Gasteiger partial charge in [0.1, 0.15) is 0 Å². The molecule has 15 heavy (non-hydrogen) atoms. The van der Waals surface area contributed by atoms with E-state index >= 15 is 0 Å². The largest absolute Gasteiger partial charge is 0.324 e. The Morgan fingerprint density at radius 1 is 1.13 bits per heavy atom. The molecule has 1 nitrogen and oxygen atoms in total. The first-order valence-electron chi connectivity index (χ1n) is 5.67. The van der Waals surface area contributed by atoms with Crippen molar-refractivity contribution in [2.45, 2.75) is 43.6 Å². The van der Waals surface area contributed by atoms with Gasteiger partial charge in [-0.1, -0.05) is 37.1 Å². The fourth-order valence-electron chi connectivity index (χ4n) is 3.47. The smallest absolute Gasteiger partial charge is 0.0306 e. The Balaban J connectivity index is 0.000000853. The average Bonchev–Trinajstić information content (AvgIpc) is 2.77. The molecule has 2 aliphatic rings. The molecule has 1 fully saturated rings. The number of benzene rings is 1. The van der Waals surface area contributed by atoms with E-state index in [1.54, 1.807) is 5.56 Å². The molecule has 1 aromatic rings. The van der Waals surface area contributed by atoms with Gasteiger partial charge in [-0.05, 0) is 35.8 Å². The number of hydrogen-bond acceptors (Lipinski definition) is 1. The molecule has 0 amide bonds. The van der Waals surface area contributed by atoms with Crippen molar-refractivity contribution in [1.82, 2.24) is 0 Å². The van der Waals surface area contributed by atoms with Gasteiger partial charge in [0.25, 0.3) is 0 Å². The first-order valence-corrected chi connectivity index (χ1v) is 5.67. The van der Waals surface area contributed by atoms with Gasteiger partial charge in [-0.2, -0.15) is 0 Å². The van der Waals surface area contributed by atoms with Crippen molar-refractivity contribution in [3.8, 4) is 0 Å². The lowest BCUT2D eigenvalue weighted by molar-refractivity contribution is 0.412. The lowest BCUT2D eigenvalue weighted by atomic mass is 9.80. The summed E-state index contributed by atoms with van der Waals surface area (Å²) in [5.41, 5.74) is 9.64. The molecule has 1 unspecified atom stereocenters. The molecule has 82 valence electrons. The molecule has 0 aromatic heterocycles. The summed E-state index contributed by atoms with van der Waals surface area (Å²) in [7, 11) is 0. The van der Waals surface area contributed by atoms with E-state index in [4.69, 9.17) is 5.73 Å². The van der Waals surface area contributed by atoms with E-state index in [9.17, 15) is 0 Å². The second kappa shape index (κ2) is 3.80. The summed E-state index contributed by atoms with van der Waals surface area (Å²) in [6.45, 7) is 0. The number of nitrogens with two attached hydrogens (primary N) is 1. The Labute approximate surface area is 97.5 Å². The van der Waals surface area contributed by atoms with E-state index in [-0.39, 0.29) is 12.4 Å². The highest BCUT2D eigenvalue weighted by Gasteiger charge is 2.43. The van der Waals surface area contributed by atoms with Gasteiger partial charge in [0.15, 0.2) is 0 Å². The van der Waals surface area contributed by atoms with Crippen LogP contribution in [0.25, 0.3) is 0 Å². The third kappa shape index (κ3) is 1.49. The van der Waals surface area contributed by atoms with Gasteiger partial charge in [0.05, 0.1) is 0 Å². The zero-order valence-electron chi connectivity index (χ0n) is 8.91. The van der Waals surface area contributed by atoms with Gasteiger partial charge < -0.3 is 5.73 Å². The van der Waals surface area contributed by atoms with Crippen LogP contribution >= 0.6 is 12.4 Å². The molecule has 1 spiro atoms. The molecule has 0 radical (unpaired) electrons. The van der Waals surface area contributed by atoms with Crippen molar-refractivity contribution in [3.63, 3.8) is 0 Å². The first kappa shape index (κ1) is 11.0. The van der Waals surface area contributed by atoms with Gasteiger partial charge in [0.2, 0.25) is 0 Å². The van der Waals surface area contributed by atoms with Crippen LogP contribution < -0.4 is 5.73 Å². The van der Waals surface area contributed by atoms with Crippen LogP contribution in [-0.4, -0.2) is 0 Å². The van der Waals surface area contributed by atoms with Crippen molar-refractivity contribution < 1.29 is 0 Å². The Bertz CT molecular complexity index is 355. The second-order valence-electron chi connectivity index (χ2n) is 4.89. The van der Waals surface area contributed by atoms with Crippen LogP contribution in [0.1, 0.15) is 49.3 Å². The minimum atomic E-state index is 0. The highest BCUT2D eigenvalue weighted by molar-refractivity contribution is 5.85. The third-order valence-corrected chi connectivity index (χ3v) is 4.10. The molecular weight excluding hydrogens is 206 g/mol. The van der Waals surface area contributed by atoms with Crippen molar-refractivity contribution in [2.75, 3.05) is 0 Å². The van der Waals surface area contributed by atoms with Crippen LogP contribution in [0, 0.1) is 0 Å². The van der Waals surface area contributed by atoms with Crippen molar-refractivity contribution in [1.29, 1.82) is 0 Å². The lowest BCUT2D eigenvalue weighted by Crippen LogP contribution is -2.19. The van der Waals surface area contributed by atoms with E-state index in [2.05, 4.69) is 24.3 Å². The van der Waals surface area contributed by atoms with Crippen molar-refractivity contribution in [3.05, 3.63) is 35.4 Å². The number of fused-ring (bicyclic) bond motifs is 2. The maximum Gasteiger partial charge on any atom is 0.0306 e. The highest BCUT2D eigenvalue weighted by atomic mass is 35.5. The van der Waals surface area contributed by atoms with Gasteiger partial charge in [-0.25, -0.2) is 0 Å². The van der Waals surface area contributed by atoms with Crippen LogP contribution in [0.4, 0.5) is 0 Å². The maximum absolute atomic E-state index is 6.20. The summed E-state index contributed by atoms with van der Waals surface area (Å²) in [5.74, 6) is 0. The topological polar surface area (TPSA) is 26.0 Å². The van der Waals surface area contributed by atoms with Gasteiger partial charge in [-0.15, -0.1) is 12.4 Å². The molecule has 2 aliphatic carbocycles. The van der Waals surface area contributed by atoms with Crippen LogP contribution in [0.3, 0.4) is 0 Å². The van der Waals surface area contributed by atoms with Crippen LogP contribution in [-0.2, 0) is 5.41 Å². The molecule has 0 bridgehead atoms. The van der Waals surface area contributed by atoms with E-state index in [0.717, 1.165) is 0 Å². The van der Waals surface area contributed by atoms with E-state index in [1.807, 2.05) is 0 Å². The molecule has 2 heteroatoms. The molecule has 2 N–H and O–H groups in total. The maximum atomic E-state index is 6.20. The summed E-state index contributed by atoms with van der Waals surface area (Å²) in [4.78, 5) is 0. The first-order chi connectivity index (χ1) is 6.82. The van der Waals surface area contributed by atoms with Gasteiger partial charge in [-0.3, -0.25) is 0 Å². The van der Waals surface area contributed by atoms with E-state index in [0.29, 0.717) is 11.5 Å². The third-order valence-electron chi connectivity index (χ3n) is 4.10. The quantitative estimate of drug-likeness (QED) is 0.718.